The third-order valence-corrected chi connectivity index (χ3v) is 7.78. The molecule has 0 radical (unpaired) electrons. The van der Waals surface area contributed by atoms with E-state index in [1.807, 2.05) is 0 Å². The summed E-state index contributed by atoms with van der Waals surface area (Å²) in [6, 6.07) is 0. The van der Waals surface area contributed by atoms with Crippen molar-refractivity contribution >= 4 is 5.97 Å². The summed E-state index contributed by atoms with van der Waals surface area (Å²) in [5, 5.41) is 70.2. The lowest BCUT2D eigenvalue weighted by atomic mass is 9.99. The monoisotopic (exact) mass is 580 g/mol. The second-order valence-corrected chi connectivity index (χ2v) is 11.0. The first-order chi connectivity index (χ1) is 19.2. The van der Waals surface area contributed by atoms with Crippen LogP contribution in [0, 0.1) is 0 Å². The average Bonchev–Trinajstić information content (AvgIpc) is 3.21. The number of aliphatic hydroxyl groups is 7. The van der Waals surface area contributed by atoms with Gasteiger partial charge in [-0.05, 0) is 6.42 Å². The summed E-state index contributed by atoms with van der Waals surface area (Å²) in [4.78, 5) is 12.6. The van der Waals surface area contributed by atoms with Crippen molar-refractivity contribution in [1.82, 2.24) is 0 Å². The van der Waals surface area contributed by atoms with Crippen LogP contribution in [0.3, 0.4) is 0 Å². The number of unbranched alkanes of at least 4 members (excludes halogenated alkanes) is 12. The van der Waals surface area contributed by atoms with Gasteiger partial charge in [0.2, 0.25) is 5.79 Å². The molecule has 0 aliphatic carbocycles. The van der Waals surface area contributed by atoms with Gasteiger partial charge >= 0.3 is 5.97 Å². The smallest absolute Gasteiger partial charge is 0.306 e. The van der Waals surface area contributed by atoms with Crippen LogP contribution in [0.25, 0.3) is 0 Å². The van der Waals surface area contributed by atoms with Crippen LogP contribution in [-0.2, 0) is 23.7 Å². The van der Waals surface area contributed by atoms with Crippen molar-refractivity contribution in [3.05, 3.63) is 0 Å². The van der Waals surface area contributed by atoms with E-state index in [0.29, 0.717) is 6.42 Å². The normalized spacial score (nSPS) is 34.3. The van der Waals surface area contributed by atoms with E-state index >= 15 is 0 Å². The highest BCUT2D eigenvalue weighted by Gasteiger charge is 2.60. The van der Waals surface area contributed by atoms with Crippen molar-refractivity contribution in [1.29, 1.82) is 0 Å². The topological polar surface area (TPSA) is 196 Å². The zero-order valence-electron chi connectivity index (χ0n) is 23.8. The number of carbonyl (C=O) groups excluding carboxylic acids is 1. The Kier molecular flexibility index (Phi) is 16.4. The van der Waals surface area contributed by atoms with E-state index in [4.69, 9.17) is 18.9 Å². The van der Waals surface area contributed by atoms with Gasteiger partial charge in [-0.3, -0.25) is 4.79 Å². The molecule has 236 valence electrons. The molecule has 2 aliphatic heterocycles. The maximum absolute atomic E-state index is 12.6. The standard InChI is InChI=1S/C28H52O12/c1-2-3-4-5-6-7-8-9-10-11-12-13-14-15-21(32)38-26-23(34)20(17-30)39-28(26,18-31)40-27-25(36)24(35)22(33)19(16-29)37-27/h19-20,22-27,29-31,33-36H,2-18H2,1H3/t19-,20-,22-,23-,24+,25-,26+,27?,28+/m1/s1. The van der Waals surface area contributed by atoms with Crippen molar-refractivity contribution in [3.63, 3.8) is 0 Å². The fourth-order valence-electron chi connectivity index (χ4n) is 5.26. The van der Waals surface area contributed by atoms with E-state index in [-0.39, 0.29) is 6.42 Å². The van der Waals surface area contributed by atoms with Gasteiger partial charge in [-0.25, -0.2) is 0 Å². The van der Waals surface area contributed by atoms with Crippen LogP contribution in [0.15, 0.2) is 0 Å². The molecule has 40 heavy (non-hydrogen) atoms. The van der Waals surface area contributed by atoms with E-state index in [2.05, 4.69) is 6.92 Å². The molecule has 9 atom stereocenters. The van der Waals surface area contributed by atoms with Crippen molar-refractivity contribution in [2.45, 2.75) is 152 Å². The van der Waals surface area contributed by atoms with Crippen LogP contribution in [0.5, 0.6) is 0 Å². The SMILES string of the molecule is CCCCCCCCCCCCCCCC(=O)O[C@H]1[C@H](O)[C@@H](CO)O[C@@]1(CO)OC1O[C@H](CO)[C@@H](O)[C@H](O)[C@H]1O. The highest BCUT2D eigenvalue weighted by atomic mass is 16.8. The Morgan fingerprint density at radius 3 is 1.73 bits per heavy atom. The van der Waals surface area contributed by atoms with E-state index in [0.717, 1.165) is 19.3 Å². The highest BCUT2D eigenvalue weighted by Crippen LogP contribution is 2.38. The molecule has 0 amide bonds. The number of hydrogen-bond donors (Lipinski definition) is 7. The predicted octanol–water partition coefficient (Wildman–Crippen LogP) is 0.637. The molecule has 0 saturated carbocycles. The minimum absolute atomic E-state index is 0.0618. The molecule has 2 saturated heterocycles. The molecule has 0 aromatic heterocycles. The average molecular weight is 581 g/mol. The van der Waals surface area contributed by atoms with Crippen molar-refractivity contribution < 1.29 is 59.5 Å². The summed E-state index contributed by atoms with van der Waals surface area (Å²) >= 11 is 0. The first-order valence-electron chi connectivity index (χ1n) is 15.0. The third kappa shape index (κ3) is 10.1. The van der Waals surface area contributed by atoms with Crippen LogP contribution < -0.4 is 0 Å². The lowest BCUT2D eigenvalue weighted by Crippen LogP contribution is -2.63. The molecule has 12 nitrogen and oxygen atoms in total. The van der Waals surface area contributed by atoms with Gasteiger partial charge in [-0.15, -0.1) is 0 Å². The van der Waals surface area contributed by atoms with Crippen molar-refractivity contribution in [2.75, 3.05) is 19.8 Å². The molecule has 1 unspecified atom stereocenters. The van der Waals surface area contributed by atoms with E-state index in [1.165, 1.54) is 57.8 Å². The fourth-order valence-corrected chi connectivity index (χ4v) is 5.26. The van der Waals surface area contributed by atoms with Gasteiger partial charge in [0.05, 0.1) is 13.2 Å². The van der Waals surface area contributed by atoms with Gasteiger partial charge in [-0.1, -0.05) is 84.0 Å². The first kappa shape index (κ1) is 35.3. The molecule has 2 fully saturated rings. The summed E-state index contributed by atoms with van der Waals surface area (Å²) in [5.74, 6) is -2.91. The lowest BCUT2D eigenvalue weighted by Gasteiger charge is -2.43. The Morgan fingerprint density at radius 2 is 1.23 bits per heavy atom. The van der Waals surface area contributed by atoms with Crippen LogP contribution in [-0.4, -0.2) is 116 Å². The molecule has 2 heterocycles. The maximum atomic E-state index is 12.6. The Morgan fingerprint density at radius 1 is 0.700 bits per heavy atom. The van der Waals surface area contributed by atoms with Crippen molar-refractivity contribution in [2.24, 2.45) is 0 Å². The molecule has 0 aromatic rings. The minimum atomic E-state index is -2.24. The number of aliphatic hydroxyl groups excluding tert-OH is 7. The quantitative estimate of drug-likeness (QED) is 0.0785. The van der Waals surface area contributed by atoms with Gasteiger partial charge in [-0.2, -0.15) is 0 Å². The second-order valence-electron chi connectivity index (χ2n) is 11.0. The Hall–Kier alpha value is -0.930. The van der Waals surface area contributed by atoms with Gasteiger partial charge in [0, 0.05) is 6.42 Å². The zero-order valence-corrected chi connectivity index (χ0v) is 23.8. The Labute approximate surface area is 237 Å². The highest BCUT2D eigenvalue weighted by molar-refractivity contribution is 5.69. The summed E-state index contributed by atoms with van der Waals surface area (Å²) in [6.45, 7) is -0.142. The molecule has 2 aliphatic rings. The van der Waals surface area contributed by atoms with E-state index in [1.54, 1.807) is 0 Å². The molecule has 2 rings (SSSR count). The molecule has 0 spiro atoms. The van der Waals surface area contributed by atoms with Crippen molar-refractivity contribution in [3.8, 4) is 0 Å². The number of rotatable bonds is 20. The molecule has 7 N–H and O–H groups in total. The molecule has 0 bridgehead atoms. The number of carbonyl (C=O) groups is 1. The molecular formula is C28H52O12. The zero-order chi connectivity index (χ0) is 29.5. The van der Waals surface area contributed by atoms with Crippen LogP contribution >= 0.6 is 0 Å². The maximum Gasteiger partial charge on any atom is 0.306 e. The summed E-state index contributed by atoms with van der Waals surface area (Å²) in [6.07, 6.45) is 2.37. The van der Waals surface area contributed by atoms with Gasteiger partial charge in [0.1, 0.15) is 43.2 Å². The van der Waals surface area contributed by atoms with E-state index < -0.39 is 80.6 Å². The number of hydrogen-bond acceptors (Lipinski definition) is 12. The lowest BCUT2D eigenvalue weighted by molar-refractivity contribution is -0.383. The summed E-state index contributed by atoms with van der Waals surface area (Å²) < 4.78 is 21.9. The van der Waals surface area contributed by atoms with Gasteiger partial charge in [0.25, 0.3) is 0 Å². The Bertz CT molecular complexity index is 694. The Balaban J connectivity index is 1.80. The molecule has 12 heteroatoms. The van der Waals surface area contributed by atoms with Gasteiger partial charge < -0.3 is 54.7 Å². The summed E-state index contributed by atoms with van der Waals surface area (Å²) in [5.41, 5.74) is 0. The van der Waals surface area contributed by atoms with E-state index in [9.17, 15) is 40.5 Å². The molecule has 0 aromatic carbocycles. The minimum Gasteiger partial charge on any atom is -0.454 e. The predicted molar refractivity (Wildman–Crippen MR) is 143 cm³/mol. The number of ether oxygens (including phenoxy) is 4. The van der Waals surface area contributed by atoms with Crippen LogP contribution in [0.4, 0.5) is 0 Å². The first-order valence-corrected chi connectivity index (χ1v) is 15.0. The van der Waals surface area contributed by atoms with Crippen LogP contribution in [0.2, 0.25) is 0 Å². The molecular weight excluding hydrogens is 528 g/mol. The largest absolute Gasteiger partial charge is 0.454 e. The van der Waals surface area contributed by atoms with Gasteiger partial charge in [0.15, 0.2) is 12.4 Å². The fraction of sp³-hybridized carbons (Fsp3) is 0.964. The van der Waals surface area contributed by atoms with Crippen LogP contribution in [0.1, 0.15) is 96.8 Å². The third-order valence-electron chi connectivity index (χ3n) is 7.78. The number of esters is 1. The second kappa shape index (κ2) is 18.6. The summed E-state index contributed by atoms with van der Waals surface area (Å²) in [7, 11) is 0.